The highest BCUT2D eigenvalue weighted by atomic mass is 28.3. The number of carbonyl (C=O) groups excluding carboxylic acids is 1. The smallest absolute Gasteiger partial charge is 0.343 e. The van der Waals surface area contributed by atoms with E-state index in [-0.39, 0.29) is 23.1 Å². The van der Waals surface area contributed by atoms with Crippen LogP contribution in [-0.2, 0) is 21.4 Å². The number of carbonyl (C=O) groups is 1. The summed E-state index contributed by atoms with van der Waals surface area (Å²) in [6, 6.07) is 5.78. The molecule has 2 aliphatic rings. The second kappa shape index (κ2) is 10.0. The predicted molar refractivity (Wildman–Crippen MR) is 140 cm³/mol. The normalized spacial score (nSPS) is 15.3. The third kappa shape index (κ3) is 5.24. The molecule has 1 aliphatic carbocycles. The lowest BCUT2D eigenvalue weighted by Crippen LogP contribution is -2.46. The summed E-state index contributed by atoms with van der Waals surface area (Å²) in [6.45, 7) is 9.81. The van der Waals surface area contributed by atoms with Gasteiger partial charge in [-0.1, -0.05) is 25.6 Å². The Hall–Kier alpha value is -2.82. The van der Waals surface area contributed by atoms with Crippen molar-refractivity contribution in [2.45, 2.75) is 64.2 Å². The highest BCUT2D eigenvalue weighted by molar-refractivity contribution is 6.83. The minimum Gasteiger partial charge on any atom is -0.492 e. The average Bonchev–Trinajstić information content (AvgIpc) is 2.78. The van der Waals surface area contributed by atoms with E-state index in [1.165, 1.54) is 0 Å². The van der Waals surface area contributed by atoms with Gasteiger partial charge >= 0.3 is 5.97 Å². The van der Waals surface area contributed by atoms with Crippen LogP contribution in [0, 0.1) is 11.5 Å². The van der Waals surface area contributed by atoms with Crippen LogP contribution in [0.3, 0.4) is 0 Å². The molecule has 1 spiro atoms. The van der Waals surface area contributed by atoms with Crippen LogP contribution in [0.2, 0.25) is 19.6 Å². The van der Waals surface area contributed by atoms with E-state index < -0.39 is 14.0 Å². The minimum atomic E-state index is -1.61. The fourth-order valence-electron chi connectivity index (χ4n) is 4.80. The number of rotatable bonds is 7. The number of aromatic nitrogens is 1. The molecule has 0 saturated heterocycles. The first-order valence-corrected chi connectivity index (χ1v) is 15.9. The van der Waals surface area contributed by atoms with Gasteiger partial charge in [0.2, 0.25) is 0 Å². The molecule has 2 aromatic rings. The first-order valence-electron chi connectivity index (χ1n) is 12.4. The molecule has 1 aromatic heterocycles. The molecule has 0 bridgehead atoms. The van der Waals surface area contributed by atoms with Crippen LogP contribution in [0.4, 0.5) is 0 Å². The molecular formula is C28H35NO5Si. The number of fused-ring (bicyclic) bond motifs is 4. The molecule has 0 amide bonds. The lowest BCUT2D eigenvalue weighted by atomic mass is 9.69. The maximum Gasteiger partial charge on any atom is 0.343 e. The monoisotopic (exact) mass is 493 g/mol. The average molecular weight is 494 g/mol. The van der Waals surface area contributed by atoms with E-state index in [1.54, 1.807) is 26.3 Å². The second-order valence-corrected chi connectivity index (χ2v) is 15.2. The van der Waals surface area contributed by atoms with Crippen LogP contribution in [-0.4, -0.2) is 45.5 Å². The van der Waals surface area contributed by atoms with Gasteiger partial charge in [-0.25, -0.2) is 4.79 Å². The molecule has 0 unspecified atom stereocenters. The first-order chi connectivity index (χ1) is 16.7. The largest absolute Gasteiger partial charge is 0.492 e. The number of esters is 1. The van der Waals surface area contributed by atoms with Gasteiger partial charge in [-0.2, -0.15) is 0 Å². The van der Waals surface area contributed by atoms with Crippen LogP contribution in [0.15, 0.2) is 29.2 Å². The quantitative estimate of drug-likeness (QED) is 0.241. The molecular weight excluding hydrogens is 458 g/mol. The van der Waals surface area contributed by atoms with Crippen LogP contribution >= 0.6 is 0 Å². The van der Waals surface area contributed by atoms with Crippen molar-refractivity contribution in [1.29, 1.82) is 0 Å². The van der Waals surface area contributed by atoms with Gasteiger partial charge in [0.1, 0.15) is 19.4 Å². The van der Waals surface area contributed by atoms with E-state index in [2.05, 4.69) is 47.8 Å². The van der Waals surface area contributed by atoms with Gasteiger partial charge in [0.15, 0.2) is 5.43 Å². The van der Waals surface area contributed by atoms with Gasteiger partial charge in [0.25, 0.3) is 0 Å². The lowest BCUT2D eigenvalue weighted by Gasteiger charge is -2.48. The van der Waals surface area contributed by atoms with Crippen molar-refractivity contribution >= 4 is 14.0 Å². The van der Waals surface area contributed by atoms with Crippen molar-refractivity contribution in [3.63, 3.8) is 0 Å². The zero-order valence-corrected chi connectivity index (χ0v) is 22.5. The van der Waals surface area contributed by atoms with Crippen molar-refractivity contribution in [2.24, 2.45) is 0 Å². The fourth-order valence-corrected chi connectivity index (χ4v) is 5.31. The number of pyridine rings is 1. The van der Waals surface area contributed by atoms with Crippen LogP contribution in [0.1, 0.15) is 54.1 Å². The number of hydrogen-bond acceptors (Lipinski definition) is 5. The lowest BCUT2D eigenvalue weighted by molar-refractivity contribution is 0.0521. The predicted octanol–water partition coefficient (Wildman–Crippen LogP) is 4.77. The Morgan fingerprint density at radius 1 is 1.17 bits per heavy atom. The highest BCUT2D eigenvalue weighted by Crippen LogP contribution is 2.49. The number of nitrogens with zero attached hydrogens (tertiary/aromatic N) is 1. The van der Waals surface area contributed by atoms with Crippen LogP contribution in [0.25, 0.3) is 11.3 Å². The summed E-state index contributed by atoms with van der Waals surface area (Å²) in [4.78, 5) is 25.4. The van der Waals surface area contributed by atoms with Crippen molar-refractivity contribution in [1.82, 2.24) is 4.57 Å². The summed E-state index contributed by atoms with van der Waals surface area (Å²) in [5, 5.41) is 0. The SMILES string of the molecule is CCOC(=O)c1cn2c(cc1=O)-c1cc(C#C[Si](C)(C)C)c(OCCCOC)cc1CC21CCC1. The molecule has 35 heavy (non-hydrogen) atoms. The maximum atomic E-state index is 13.0. The van der Waals surface area contributed by atoms with E-state index in [4.69, 9.17) is 14.2 Å². The Morgan fingerprint density at radius 3 is 2.57 bits per heavy atom. The van der Waals surface area contributed by atoms with Gasteiger partial charge in [0.05, 0.1) is 24.5 Å². The molecule has 0 radical (unpaired) electrons. The molecule has 1 aliphatic heterocycles. The maximum absolute atomic E-state index is 13.0. The molecule has 7 heteroatoms. The zero-order chi connectivity index (χ0) is 25.2. The van der Waals surface area contributed by atoms with Gasteiger partial charge in [-0.05, 0) is 50.3 Å². The molecule has 1 fully saturated rings. The standard InChI is InChI=1S/C28H35NO5Si/c1-6-33-27(31)23-19-29-24(17-25(23)30)22-15-20(9-14-35(3,4)5)26(34-13-8-12-32-2)16-21(22)18-28(29)10-7-11-28/h15-17,19H,6-8,10-13,18H2,1-5H3. The fraction of sp³-hybridized carbons (Fsp3) is 0.500. The number of benzene rings is 1. The number of methoxy groups -OCH3 is 1. The molecule has 186 valence electrons. The summed E-state index contributed by atoms with van der Waals surface area (Å²) >= 11 is 0. The van der Waals surface area contributed by atoms with Crippen molar-refractivity contribution in [3.05, 3.63) is 51.3 Å². The number of ether oxygens (including phenoxy) is 3. The zero-order valence-electron chi connectivity index (χ0n) is 21.5. The van der Waals surface area contributed by atoms with Crippen LogP contribution in [0.5, 0.6) is 5.75 Å². The van der Waals surface area contributed by atoms with Crippen molar-refractivity contribution in [3.8, 4) is 28.5 Å². The molecule has 6 nitrogen and oxygen atoms in total. The van der Waals surface area contributed by atoms with E-state index in [0.29, 0.717) is 13.2 Å². The Bertz CT molecular complexity index is 1240. The van der Waals surface area contributed by atoms with Gasteiger partial charge in [0, 0.05) is 43.5 Å². The summed E-state index contributed by atoms with van der Waals surface area (Å²) < 4.78 is 18.7. The van der Waals surface area contributed by atoms with Gasteiger partial charge in [-0.3, -0.25) is 4.79 Å². The summed E-state index contributed by atoms with van der Waals surface area (Å²) in [6.07, 6.45) is 6.48. The molecule has 2 heterocycles. The van der Waals surface area contributed by atoms with Crippen molar-refractivity contribution < 1.29 is 19.0 Å². The topological polar surface area (TPSA) is 66.8 Å². The second-order valence-electron chi connectivity index (χ2n) is 10.5. The van der Waals surface area contributed by atoms with E-state index in [1.807, 2.05) is 0 Å². The molecule has 4 rings (SSSR count). The Labute approximate surface area is 208 Å². The molecule has 1 aromatic carbocycles. The Kier molecular flexibility index (Phi) is 7.25. The Balaban J connectivity index is 1.85. The van der Waals surface area contributed by atoms with Crippen molar-refractivity contribution in [2.75, 3.05) is 26.9 Å². The van der Waals surface area contributed by atoms with E-state index in [0.717, 1.165) is 60.2 Å². The van der Waals surface area contributed by atoms with Gasteiger partial charge in [-0.15, -0.1) is 5.54 Å². The summed E-state index contributed by atoms with van der Waals surface area (Å²) in [7, 11) is 0.0751. The third-order valence-electron chi connectivity index (χ3n) is 6.67. The molecule has 0 N–H and O–H groups in total. The van der Waals surface area contributed by atoms with Crippen LogP contribution < -0.4 is 10.2 Å². The molecule has 0 atom stereocenters. The Morgan fingerprint density at radius 2 is 1.94 bits per heavy atom. The van der Waals surface area contributed by atoms with E-state index in [9.17, 15) is 9.59 Å². The first kappa shape index (κ1) is 25.3. The highest BCUT2D eigenvalue weighted by Gasteiger charge is 2.43. The molecule has 1 saturated carbocycles. The summed E-state index contributed by atoms with van der Waals surface area (Å²) in [5.74, 6) is 3.61. The third-order valence-corrected chi connectivity index (χ3v) is 7.54. The number of hydrogen-bond donors (Lipinski definition) is 0. The summed E-state index contributed by atoms with van der Waals surface area (Å²) in [5.41, 5.74) is 6.93. The minimum absolute atomic E-state index is 0.0992. The van der Waals surface area contributed by atoms with E-state index >= 15 is 0 Å². The van der Waals surface area contributed by atoms with Gasteiger partial charge < -0.3 is 18.8 Å².